The van der Waals surface area contributed by atoms with E-state index in [0.29, 0.717) is 18.9 Å². The Labute approximate surface area is 176 Å². The Balaban J connectivity index is 1.77. The van der Waals surface area contributed by atoms with Crippen LogP contribution < -0.4 is 5.32 Å². The number of methoxy groups -OCH3 is 1. The van der Waals surface area contributed by atoms with Crippen molar-refractivity contribution in [2.24, 2.45) is 5.92 Å². The molecule has 2 heterocycles. The molecule has 1 N–H and O–H groups in total. The van der Waals surface area contributed by atoms with Crippen molar-refractivity contribution in [3.05, 3.63) is 46.3 Å². The molecule has 1 atom stereocenters. The van der Waals surface area contributed by atoms with Crippen LogP contribution in [0.15, 0.2) is 28.5 Å². The van der Waals surface area contributed by atoms with Crippen molar-refractivity contribution in [1.29, 1.82) is 0 Å². The van der Waals surface area contributed by atoms with E-state index in [1.165, 1.54) is 10.4 Å². The Hall–Kier alpha value is -2.37. The quantitative estimate of drug-likeness (QED) is 0.695. The van der Waals surface area contributed by atoms with Gasteiger partial charge in [0.2, 0.25) is 5.91 Å². The molecule has 1 aliphatic rings. The molecule has 162 valence electrons. The number of nitrogens with zero attached hydrogens (tertiary/aromatic N) is 1. The number of thiophene rings is 1. The molecule has 0 bridgehead atoms. The van der Waals surface area contributed by atoms with Gasteiger partial charge in [-0.3, -0.25) is 4.79 Å². The van der Waals surface area contributed by atoms with Crippen molar-refractivity contribution in [2.75, 3.05) is 25.5 Å². The first-order valence-corrected chi connectivity index (χ1v) is 11.3. The van der Waals surface area contributed by atoms with Crippen LogP contribution in [0.2, 0.25) is 0 Å². The molecule has 1 aromatic carbocycles. The number of halogens is 2. The lowest BCUT2D eigenvalue weighted by Gasteiger charge is -2.30. The number of benzene rings is 1. The highest BCUT2D eigenvalue weighted by atomic mass is 32.2. The van der Waals surface area contributed by atoms with Crippen LogP contribution in [0.25, 0.3) is 0 Å². The number of esters is 1. The van der Waals surface area contributed by atoms with Crippen LogP contribution in [-0.4, -0.2) is 44.8 Å². The average Bonchev–Trinajstić information content (AvgIpc) is 3.16. The molecule has 1 aliphatic heterocycles. The molecule has 30 heavy (non-hydrogen) atoms. The van der Waals surface area contributed by atoms with E-state index in [2.05, 4.69) is 10.1 Å². The summed E-state index contributed by atoms with van der Waals surface area (Å²) >= 11 is 1.15. The Kier molecular flexibility index (Phi) is 6.53. The monoisotopic (exact) mass is 458 g/mol. The molecular weight excluding hydrogens is 438 g/mol. The number of ether oxygens (including phenoxy) is 1. The standard InChI is InChI=1S/C19H20F2N2O5S2/c1-11-5-6-17(29-11)30(26,27)23-7-3-4-12(10-23)18(24)22-16-8-13(19(25)28-2)14(20)9-15(16)21/h5-6,8-9,12H,3-4,7,10H2,1-2H3,(H,22,24)/t12-/m1/s1. The van der Waals surface area contributed by atoms with Gasteiger partial charge in [0, 0.05) is 24.0 Å². The van der Waals surface area contributed by atoms with E-state index in [-0.39, 0.29) is 23.0 Å². The molecule has 0 spiro atoms. The van der Waals surface area contributed by atoms with Gasteiger partial charge in [-0.2, -0.15) is 4.31 Å². The zero-order chi connectivity index (χ0) is 22.1. The van der Waals surface area contributed by atoms with E-state index in [1.54, 1.807) is 13.0 Å². The van der Waals surface area contributed by atoms with Crippen LogP contribution in [0.3, 0.4) is 0 Å². The first-order chi connectivity index (χ1) is 14.1. The lowest BCUT2D eigenvalue weighted by molar-refractivity contribution is -0.120. The minimum absolute atomic E-state index is 0.0578. The van der Waals surface area contributed by atoms with Crippen molar-refractivity contribution in [3.63, 3.8) is 0 Å². The second-order valence-electron chi connectivity index (χ2n) is 6.86. The van der Waals surface area contributed by atoms with Gasteiger partial charge >= 0.3 is 5.97 Å². The van der Waals surface area contributed by atoms with Gasteiger partial charge in [-0.15, -0.1) is 11.3 Å². The highest BCUT2D eigenvalue weighted by Gasteiger charge is 2.34. The molecule has 11 heteroatoms. The van der Waals surface area contributed by atoms with Gasteiger partial charge in [0.1, 0.15) is 15.8 Å². The van der Waals surface area contributed by atoms with Crippen molar-refractivity contribution >= 4 is 38.9 Å². The largest absolute Gasteiger partial charge is 0.465 e. The van der Waals surface area contributed by atoms with Crippen molar-refractivity contribution in [1.82, 2.24) is 4.31 Å². The zero-order valence-corrected chi connectivity index (χ0v) is 17.9. The van der Waals surface area contributed by atoms with Crippen LogP contribution in [0, 0.1) is 24.5 Å². The zero-order valence-electron chi connectivity index (χ0n) is 16.3. The van der Waals surface area contributed by atoms with E-state index < -0.39 is 45.0 Å². The third-order valence-electron chi connectivity index (χ3n) is 4.78. The van der Waals surface area contributed by atoms with Crippen LogP contribution in [0.1, 0.15) is 28.1 Å². The van der Waals surface area contributed by atoms with Gasteiger partial charge < -0.3 is 10.1 Å². The molecule has 2 aromatic rings. The van der Waals surface area contributed by atoms with E-state index in [9.17, 15) is 26.8 Å². The number of aryl methyl sites for hydroxylation is 1. The van der Waals surface area contributed by atoms with Crippen molar-refractivity contribution in [2.45, 2.75) is 24.0 Å². The number of hydrogen-bond donors (Lipinski definition) is 1. The molecule has 1 fully saturated rings. The summed E-state index contributed by atoms with van der Waals surface area (Å²) in [5, 5.41) is 2.34. The normalized spacial score (nSPS) is 17.5. The van der Waals surface area contributed by atoms with E-state index in [1.807, 2.05) is 0 Å². The fourth-order valence-electron chi connectivity index (χ4n) is 3.20. The predicted molar refractivity (Wildman–Crippen MR) is 107 cm³/mol. The number of piperidine rings is 1. The molecular formula is C19H20F2N2O5S2. The number of rotatable bonds is 5. The molecule has 1 aromatic heterocycles. The van der Waals surface area contributed by atoms with Crippen molar-refractivity contribution in [3.8, 4) is 0 Å². The summed E-state index contributed by atoms with van der Waals surface area (Å²) in [5.74, 6) is -4.51. The lowest BCUT2D eigenvalue weighted by atomic mass is 9.98. The molecule has 0 unspecified atom stereocenters. The van der Waals surface area contributed by atoms with Crippen LogP contribution in [-0.2, 0) is 19.6 Å². The smallest absolute Gasteiger partial charge is 0.340 e. The third-order valence-corrected chi connectivity index (χ3v) is 8.12. The molecule has 7 nitrogen and oxygen atoms in total. The van der Waals surface area contributed by atoms with Gasteiger partial charge in [0.25, 0.3) is 10.0 Å². The maximum atomic E-state index is 14.1. The minimum atomic E-state index is -3.73. The number of hydrogen-bond acceptors (Lipinski definition) is 6. The highest BCUT2D eigenvalue weighted by Crippen LogP contribution is 2.29. The summed E-state index contributed by atoms with van der Waals surface area (Å²) in [6.45, 7) is 2.02. The third kappa shape index (κ3) is 4.52. The first-order valence-electron chi connectivity index (χ1n) is 9.08. The molecule has 0 saturated carbocycles. The second kappa shape index (κ2) is 8.78. The Morgan fingerprint density at radius 2 is 1.97 bits per heavy atom. The number of carbonyl (C=O) groups excluding carboxylic acids is 2. The summed E-state index contributed by atoms with van der Waals surface area (Å²) in [5.41, 5.74) is -0.897. The fourth-order valence-corrected chi connectivity index (χ4v) is 6.16. The summed E-state index contributed by atoms with van der Waals surface area (Å²) < 4.78 is 59.4. The second-order valence-corrected chi connectivity index (χ2v) is 10.3. The molecule has 0 radical (unpaired) electrons. The van der Waals surface area contributed by atoms with Gasteiger partial charge in [-0.25, -0.2) is 22.0 Å². The number of amides is 1. The average molecular weight is 459 g/mol. The van der Waals surface area contributed by atoms with Gasteiger partial charge in [0.15, 0.2) is 0 Å². The van der Waals surface area contributed by atoms with Crippen LogP contribution in [0.5, 0.6) is 0 Å². The number of anilines is 1. The molecule has 0 aliphatic carbocycles. The molecule has 1 saturated heterocycles. The SMILES string of the molecule is COC(=O)c1cc(NC(=O)[C@@H]2CCCN(S(=O)(=O)c3ccc(C)s3)C2)c(F)cc1F. The maximum absolute atomic E-state index is 14.1. The van der Waals surface area contributed by atoms with Gasteiger partial charge in [0.05, 0.1) is 24.3 Å². The first kappa shape index (κ1) is 22.3. The lowest BCUT2D eigenvalue weighted by Crippen LogP contribution is -2.43. The minimum Gasteiger partial charge on any atom is -0.465 e. The van der Waals surface area contributed by atoms with E-state index >= 15 is 0 Å². The summed E-state index contributed by atoms with van der Waals surface area (Å²) in [7, 11) is -2.68. The van der Waals surface area contributed by atoms with Gasteiger partial charge in [-0.1, -0.05) is 0 Å². The summed E-state index contributed by atoms with van der Waals surface area (Å²) in [6.07, 6.45) is 0.870. The predicted octanol–water partition coefficient (Wildman–Crippen LogP) is 3.16. The topological polar surface area (TPSA) is 92.8 Å². The van der Waals surface area contributed by atoms with E-state index in [4.69, 9.17) is 0 Å². The fraction of sp³-hybridized carbons (Fsp3) is 0.368. The Bertz CT molecular complexity index is 1080. The Morgan fingerprint density at radius 1 is 1.23 bits per heavy atom. The summed E-state index contributed by atoms with van der Waals surface area (Å²) in [4.78, 5) is 25.1. The molecule has 1 amide bonds. The maximum Gasteiger partial charge on any atom is 0.340 e. The number of nitrogens with one attached hydrogen (secondary N) is 1. The summed E-state index contributed by atoms with van der Waals surface area (Å²) in [6, 6.07) is 4.59. The van der Waals surface area contributed by atoms with Crippen molar-refractivity contribution < 1.29 is 31.5 Å². The van der Waals surface area contributed by atoms with E-state index in [0.717, 1.165) is 29.4 Å². The van der Waals surface area contributed by atoms with Crippen LogP contribution >= 0.6 is 11.3 Å². The number of carbonyl (C=O) groups is 2. The number of sulfonamides is 1. The molecule has 3 rings (SSSR count). The van der Waals surface area contributed by atoms with Crippen LogP contribution in [0.4, 0.5) is 14.5 Å². The highest BCUT2D eigenvalue weighted by molar-refractivity contribution is 7.91. The van der Waals surface area contributed by atoms with Gasteiger partial charge in [-0.05, 0) is 38.0 Å². The Morgan fingerprint density at radius 3 is 2.60 bits per heavy atom.